The third-order valence-electron chi connectivity index (χ3n) is 1.73. The molecule has 0 aromatic heterocycles. The minimum Gasteiger partial charge on any atom is -0.309 e. The highest BCUT2D eigenvalue weighted by molar-refractivity contribution is 6.63. The lowest BCUT2D eigenvalue weighted by Crippen LogP contribution is -2.12. The second-order valence-corrected chi connectivity index (χ2v) is 3.74. The van der Waals surface area contributed by atoms with Gasteiger partial charge in [-0.05, 0) is 45.1 Å². The number of hydrogen-bond acceptors (Lipinski definition) is 2. The van der Waals surface area contributed by atoms with E-state index in [1.54, 1.807) is 0 Å². The number of hydrogen-bond donors (Lipinski definition) is 0. The maximum atomic E-state index is 10.3. The molecule has 0 saturated heterocycles. The first kappa shape index (κ1) is 15.7. The largest absolute Gasteiger partial charge is 0.309 e. The van der Waals surface area contributed by atoms with E-state index in [0.717, 1.165) is 19.4 Å². The van der Waals surface area contributed by atoms with E-state index in [-0.39, 0.29) is 17.6 Å². The van der Waals surface area contributed by atoms with E-state index in [2.05, 4.69) is 19.0 Å². The van der Waals surface area contributed by atoms with Gasteiger partial charge in [0.25, 0.3) is 0 Å². The Morgan fingerprint density at radius 3 is 2.15 bits per heavy atom. The number of unbranched alkanes of at least 4 members (excludes halogenated alkanes) is 3. The van der Waals surface area contributed by atoms with Crippen LogP contribution in [0.2, 0.25) is 0 Å². The van der Waals surface area contributed by atoms with Crippen LogP contribution < -0.4 is 0 Å². The SMILES string of the molecule is CN(C)CCCCCCC(=O)Cl.Cl. The predicted octanol–water partition coefficient (Wildman–Crippen LogP) is 2.69. The Labute approximate surface area is 92.0 Å². The summed E-state index contributed by atoms with van der Waals surface area (Å²) < 4.78 is 0. The van der Waals surface area contributed by atoms with Crippen LogP contribution in [-0.4, -0.2) is 30.8 Å². The smallest absolute Gasteiger partial charge is 0.221 e. The van der Waals surface area contributed by atoms with Gasteiger partial charge in [0.15, 0.2) is 0 Å². The molecule has 0 fully saturated rings. The summed E-state index contributed by atoms with van der Waals surface area (Å²) in [5, 5.41) is -0.206. The van der Waals surface area contributed by atoms with Gasteiger partial charge in [-0.15, -0.1) is 12.4 Å². The molecule has 0 bridgehead atoms. The highest BCUT2D eigenvalue weighted by atomic mass is 35.5. The molecular formula is C9H19Cl2NO. The fourth-order valence-electron chi connectivity index (χ4n) is 1.05. The lowest BCUT2D eigenvalue weighted by Gasteiger charge is -2.07. The zero-order valence-electron chi connectivity index (χ0n) is 8.38. The Bertz CT molecular complexity index is 129. The zero-order chi connectivity index (χ0) is 9.40. The van der Waals surface area contributed by atoms with Gasteiger partial charge in [0.2, 0.25) is 5.24 Å². The summed E-state index contributed by atoms with van der Waals surface area (Å²) in [6.45, 7) is 1.13. The number of halogens is 2. The molecule has 2 nitrogen and oxygen atoms in total. The van der Waals surface area contributed by atoms with Crippen LogP contribution in [0.3, 0.4) is 0 Å². The third kappa shape index (κ3) is 15.0. The van der Waals surface area contributed by atoms with Crippen molar-refractivity contribution < 1.29 is 4.79 Å². The van der Waals surface area contributed by atoms with Crippen LogP contribution in [0.4, 0.5) is 0 Å². The van der Waals surface area contributed by atoms with Crippen molar-refractivity contribution in [3.05, 3.63) is 0 Å². The van der Waals surface area contributed by atoms with Gasteiger partial charge >= 0.3 is 0 Å². The Balaban J connectivity index is 0. The fraction of sp³-hybridized carbons (Fsp3) is 0.889. The molecule has 80 valence electrons. The maximum absolute atomic E-state index is 10.3. The molecule has 0 amide bonds. The van der Waals surface area contributed by atoms with E-state index in [0.29, 0.717) is 6.42 Å². The number of rotatable bonds is 7. The van der Waals surface area contributed by atoms with Crippen LogP contribution in [0.25, 0.3) is 0 Å². The first-order valence-corrected chi connectivity index (χ1v) is 4.84. The Morgan fingerprint density at radius 1 is 1.15 bits per heavy atom. The maximum Gasteiger partial charge on any atom is 0.221 e. The molecule has 0 atom stereocenters. The average Bonchev–Trinajstić information content (AvgIpc) is 1.95. The normalized spacial score (nSPS) is 9.85. The molecule has 0 N–H and O–H groups in total. The summed E-state index contributed by atoms with van der Waals surface area (Å²) in [6.07, 6.45) is 5.00. The fourth-order valence-corrected chi connectivity index (χ4v) is 1.18. The minimum absolute atomic E-state index is 0. The van der Waals surface area contributed by atoms with Gasteiger partial charge in [0.05, 0.1) is 0 Å². The molecule has 13 heavy (non-hydrogen) atoms. The molecule has 0 saturated carbocycles. The first-order valence-electron chi connectivity index (χ1n) is 4.46. The Hall–Kier alpha value is 0.210. The topological polar surface area (TPSA) is 20.3 Å². The quantitative estimate of drug-likeness (QED) is 0.493. The van der Waals surface area contributed by atoms with Gasteiger partial charge in [0.1, 0.15) is 0 Å². The van der Waals surface area contributed by atoms with Crippen molar-refractivity contribution in [3.63, 3.8) is 0 Å². The van der Waals surface area contributed by atoms with Crippen molar-refractivity contribution in [2.24, 2.45) is 0 Å². The van der Waals surface area contributed by atoms with Crippen molar-refractivity contribution in [3.8, 4) is 0 Å². The van der Waals surface area contributed by atoms with Crippen molar-refractivity contribution in [1.29, 1.82) is 0 Å². The molecule has 0 radical (unpaired) electrons. The average molecular weight is 228 g/mol. The first-order chi connectivity index (χ1) is 5.63. The summed E-state index contributed by atoms with van der Waals surface area (Å²) in [6, 6.07) is 0. The van der Waals surface area contributed by atoms with Crippen LogP contribution in [0, 0.1) is 0 Å². The number of nitrogens with zero attached hydrogens (tertiary/aromatic N) is 1. The highest BCUT2D eigenvalue weighted by Crippen LogP contribution is 2.04. The molecule has 0 unspecified atom stereocenters. The van der Waals surface area contributed by atoms with Crippen LogP contribution in [0.15, 0.2) is 0 Å². The summed E-state index contributed by atoms with van der Waals surface area (Å²) >= 11 is 5.19. The monoisotopic (exact) mass is 227 g/mol. The van der Waals surface area contributed by atoms with Crippen molar-refractivity contribution in [2.75, 3.05) is 20.6 Å². The summed E-state index contributed by atoms with van der Waals surface area (Å²) in [5.74, 6) is 0. The standard InChI is InChI=1S/C9H18ClNO.ClH/c1-11(2)8-6-4-3-5-7-9(10)12;/h3-8H2,1-2H3;1H. The number of carbonyl (C=O) groups is 1. The molecule has 0 aliphatic carbocycles. The minimum atomic E-state index is -0.206. The summed E-state index contributed by atoms with van der Waals surface area (Å²) in [7, 11) is 4.14. The van der Waals surface area contributed by atoms with E-state index >= 15 is 0 Å². The predicted molar refractivity (Wildman–Crippen MR) is 59.7 cm³/mol. The van der Waals surface area contributed by atoms with Gasteiger partial charge in [-0.25, -0.2) is 0 Å². The van der Waals surface area contributed by atoms with E-state index in [9.17, 15) is 4.79 Å². The van der Waals surface area contributed by atoms with Gasteiger partial charge in [-0.1, -0.05) is 12.8 Å². The van der Waals surface area contributed by atoms with Crippen LogP contribution >= 0.6 is 24.0 Å². The molecule has 0 heterocycles. The van der Waals surface area contributed by atoms with Crippen LogP contribution in [0.5, 0.6) is 0 Å². The molecule has 4 heteroatoms. The van der Waals surface area contributed by atoms with Crippen LogP contribution in [0.1, 0.15) is 32.1 Å². The zero-order valence-corrected chi connectivity index (χ0v) is 9.96. The van der Waals surface area contributed by atoms with E-state index in [4.69, 9.17) is 11.6 Å². The molecule has 0 aromatic rings. The molecule has 0 spiro atoms. The molecule has 0 aromatic carbocycles. The summed E-state index contributed by atoms with van der Waals surface area (Å²) in [4.78, 5) is 12.5. The van der Waals surface area contributed by atoms with Crippen LogP contribution in [-0.2, 0) is 4.79 Å². The van der Waals surface area contributed by atoms with Gasteiger partial charge in [-0.3, -0.25) is 4.79 Å². The Morgan fingerprint density at radius 2 is 1.69 bits per heavy atom. The van der Waals surface area contributed by atoms with Crippen molar-refractivity contribution >= 4 is 29.3 Å². The molecular weight excluding hydrogens is 209 g/mol. The lowest BCUT2D eigenvalue weighted by molar-refractivity contribution is -0.111. The van der Waals surface area contributed by atoms with E-state index in [1.165, 1.54) is 12.8 Å². The van der Waals surface area contributed by atoms with Gasteiger partial charge in [0, 0.05) is 6.42 Å². The molecule has 0 aliphatic rings. The molecule has 0 rings (SSSR count). The second-order valence-electron chi connectivity index (χ2n) is 3.32. The highest BCUT2D eigenvalue weighted by Gasteiger charge is 1.96. The number of carbonyl (C=O) groups excluding carboxylic acids is 1. The molecule has 0 aliphatic heterocycles. The van der Waals surface area contributed by atoms with Gasteiger partial charge in [-0.2, -0.15) is 0 Å². The van der Waals surface area contributed by atoms with Crippen molar-refractivity contribution in [2.45, 2.75) is 32.1 Å². The lowest BCUT2D eigenvalue weighted by atomic mass is 10.1. The van der Waals surface area contributed by atoms with E-state index < -0.39 is 0 Å². The summed E-state index contributed by atoms with van der Waals surface area (Å²) in [5.41, 5.74) is 0. The van der Waals surface area contributed by atoms with Gasteiger partial charge < -0.3 is 4.90 Å². The van der Waals surface area contributed by atoms with E-state index in [1.807, 2.05) is 0 Å². The second kappa shape index (κ2) is 10.3. The Kier molecular flexibility index (Phi) is 12.4. The third-order valence-corrected chi connectivity index (χ3v) is 1.92. The van der Waals surface area contributed by atoms with Crippen molar-refractivity contribution in [1.82, 2.24) is 4.90 Å².